The number of halogens is 1. The number of sulfonamides is 1. The van der Waals surface area contributed by atoms with Gasteiger partial charge in [-0.15, -0.1) is 0 Å². The lowest BCUT2D eigenvalue weighted by molar-refractivity contribution is 0.222. The third kappa shape index (κ3) is 2.95. The highest BCUT2D eigenvalue weighted by Gasteiger charge is 2.31. The van der Waals surface area contributed by atoms with Gasteiger partial charge in [0.05, 0.1) is 4.90 Å². The molecule has 1 aliphatic rings. The van der Waals surface area contributed by atoms with Gasteiger partial charge in [0.2, 0.25) is 10.0 Å². The molecule has 2 rings (SSSR count). The molecule has 1 aromatic carbocycles. The van der Waals surface area contributed by atoms with Crippen molar-refractivity contribution in [2.75, 3.05) is 13.1 Å². The number of rotatable bonds is 2. The van der Waals surface area contributed by atoms with Gasteiger partial charge >= 0.3 is 0 Å². The lowest BCUT2D eigenvalue weighted by Gasteiger charge is -2.34. The molecule has 100 valence electrons. The van der Waals surface area contributed by atoms with Crippen LogP contribution in [0.1, 0.15) is 20.3 Å². The largest absolute Gasteiger partial charge is 0.243 e. The van der Waals surface area contributed by atoms with E-state index in [1.54, 1.807) is 22.5 Å². The van der Waals surface area contributed by atoms with Gasteiger partial charge in [-0.25, -0.2) is 8.42 Å². The summed E-state index contributed by atoms with van der Waals surface area (Å²) in [6.45, 7) is 5.47. The van der Waals surface area contributed by atoms with Crippen LogP contribution in [0, 0.1) is 11.8 Å². The van der Waals surface area contributed by atoms with Gasteiger partial charge in [0.25, 0.3) is 0 Å². The van der Waals surface area contributed by atoms with Crippen LogP contribution in [0.15, 0.2) is 33.6 Å². The lowest BCUT2D eigenvalue weighted by Crippen LogP contribution is -2.42. The Balaban J connectivity index is 2.31. The van der Waals surface area contributed by atoms with Gasteiger partial charge < -0.3 is 0 Å². The van der Waals surface area contributed by atoms with E-state index in [0.29, 0.717) is 29.8 Å². The molecule has 1 aromatic rings. The number of hydrogen-bond acceptors (Lipinski definition) is 2. The van der Waals surface area contributed by atoms with E-state index in [2.05, 4.69) is 29.8 Å². The number of nitrogens with zero attached hydrogens (tertiary/aromatic N) is 1. The van der Waals surface area contributed by atoms with Crippen molar-refractivity contribution in [3.8, 4) is 0 Å². The standard InChI is InChI=1S/C13H18BrNO2S/c1-10-6-11(2)9-15(8-10)18(16,17)13-5-3-4-12(14)7-13/h3-5,7,10-11H,6,8-9H2,1-2H3/t10-,11-/m1/s1. The van der Waals surface area contributed by atoms with Crippen molar-refractivity contribution >= 4 is 26.0 Å². The molecule has 0 aliphatic carbocycles. The SMILES string of the molecule is C[C@@H]1C[C@@H](C)CN(S(=O)(=O)c2cccc(Br)c2)C1. The number of benzene rings is 1. The Kier molecular flexibility index (Phi) is 4.14. The van der Waals surface area contributed by atoms with Crippen LogP contribution in [0.5, 0.6) is 0 Å². The molecule has 0 unspecified atom stereocenters. The second-order valence-electron chi connectivity index (χ2n) is 5.23. The highest BCUT2D eigenvalue weighted by Crippen LogP contribution is 2.27. The van der Waals surface area contributed by atoms with Crippen molar-refractivity contribution in [3.05, 3.63) is 28.7 Å². The highest BCUT2D eigenvalue weighted by molar-refractivity contribution is 9.10. The molecule has 3 nitrogen and oxygen atoms in total. The minimum Gasteiger partial charge on any atom is -0.207 e. The van der Waals surface area contributed by atoms with E-state index in [1.807, 2.05) is 6.07 Å². The summed E-state index contributed by atoms with van der Waals surface area (Å²) >= 11 is 3.32. The molecule has 18 heavy (non-hydrogen) atoms. The summed E-state index contributed by atoms with van der Waals surface area (Å²) in [5, 5.41) is 0. The van der Waals surface area contributed by atoms with Gasteiger partial charge in [0.15, 0.2) is 0 Å². The molecule has 1 aliphatic heterocycles. The fourth-order valence-corrected chi connectivity index (χ4v) is 4.86. The summed E-state index contributed by atoms with van der Waals surface area (Å²) in [5.74, 6) is 0.853. The smallest absolute Gasteiger partial charge is 0.207 e. The van der Waals surface area contributed by atoms with Crippen molar-refractivity contribution in [2.45, 2.75) is 25.2 Å². The van der Waals surface area contributed by atoms with Crippen LogP contribution in [0.3, 0.4) is 0 Å². The summed E-state index contributed by atoms with van der Waals surface area (Å²) in [6, 6.07) is 6.91. The van der Waals surface area contributed by atoms with Crippen LogP contribution in [0.2, 0.25) is 0 Å². The first-order valence-electron chi connectivity index (χ1n) is 6.15. The van der Waals surface area contributed by atoms with Gasteiger partial charge in [-0.3, -0.25) is 0 Å². The molecular weight excluding hydrogens is 314 g/mol. The Morgan fingerprint density at radius 2 is 1.83 bits per heavy atom. The molecule has 1 fully saturated rings. The fourth-order valence-electron chi connectivity index (χ4n) is 2.58. The van der Waals surface area contributed by atoms with Gasteiger partial charge in [-0.1, -0.05) is 35.8 Å². The second kappa shape index (κ2) is 5.31. The normalized spacial score (nSPS) is 26.2. The van der Waals surface area contributed by atoms with E-state index in [9.17, 15) is 8.42 Å². The van der Waals surface area contributed by atoms with Crippen LogP contribution >= 0.6 is 15.9 Å². The van der Waals surface area contributed by atoms with Gasteiger partial charge in [0.1, 0.15) is 0 Å². The number of hydrogen-bond donors (Lipinski definition) is 0. The topological polar surface area (TPSA) is 37.4 Å². The maximum Gasteiger partial charge on any atom is 0.243 e. The van der Waals surface area contributed by atoms with E-state index in [4.69, 9.17) is 0 Å². The van der Waals surface area contributed by atoms with Gasteiger partial charge in [-0.2, -0.15) is 4.31 Å². The first-order chi connectivity index (χ1) is 8.39. The van der Waals surface area contributed by atoms with Crippen LogP contribution < -0.4 is 0 Å². The molecule has 0 amide bonds. The van der Waals surface area contributed by atoms with E-state index < -0.39 is 10.0 Å². The Hall–Kier alpha value is -0.390. The second-order valence-corrected chi connectivity index (χ2v) is 8.08. The predicted octanol–water partition coefficient (Wildman–Crippen LogP) is 3.12. The Bertz CT molecular complexity index is 520. The van der Waals surface area contributed by atoms with Crippen molar-refractivity contribution in [2.24, 2.45) is 11.8 Å². The maximum absolute atomic E-state index is 12.5. The van der Waals surface area contributed by atoms with Crippen molar-refractivity contribution in [3.63, 3.8) is 0 Å². The van der Waals surface area contributed by atoms with Crippen molar-refractivity contribution in [1.82, 2.24) is 4.31 Å². The molecule has 0 spiro atoms. The third-order valence-corrected chi connectivity index (χ3v) is 5.59. The molecule has 0 radical (unpaired) electrons. The molecule has 0 aromatic heterocycles. The van der Waals surface area contributed by atoms with Crippen molar-refractivity contribution < 1.29 is 8.42 Å². The Morgan fingerprint density at radius 1 is 1.22 bits per heavy atom. The molecule has 1 heterocycles. The lowest BCUT2D eigenvalue weighted by atomic mass is 9.94. The van der Waals surface area contributed by atoms with Crippen LogP contribution in [0.4, 0.5) is 0 Å². The molecule has 0 N–H and O–H groups in total. The zero-order valence-corrected chi connectivity index (χ0v) is 13.0. The van der Waals surface area contributed by atoms with Crippen LogP contribution in [0.25, 0.3) is 0 Å². The van der Waals surface area contributed by atoms with Crippen molar-refractivity contribution in [1.29, 1.82) is 0 Å². The summed E-state index contributed by atoms with van der Waals surface area (Å²) < 4.78 is 27.5. The predicted molar refractivity (Wildman–Crippen MR) is 75.8 cm³/mol. The first-order valence-corrected chi connectivity index (χ1v) is 8.38. The zero-order valence-electron chi connectivity index (χ0n) is 10.6. The van der Waals surface area contributed by atoms with E-state index in [-0.39, 0.29) is 0 Å². The number of piperidine rings is 1. The van der Waals surface area contributed by atoms with Crippen LogP contribution in [-0.4, -0.2) is 25.8 Å². The quantitative estimate of drug-likeness (QED) is 0.834. The molecular formula is C13H18BrNO2S. The van der Waals surface area contributed by atoms with Gasteiger partial charge in [0, 0.05) is 17.6 Å². The maximum atomic E-state index is 12.5. The molecule has 2 atom stereocenters. The Morgan fingerprint density at radius 3 is 2.39 bits per heavy atom. The zero-order chi connectivity index (χ0) is 13.3. The molecule has 0 saturated carbocycles. The van der Waals surface area contributed by atoms with E-state index >= 15 is 0 Å². The summed E-state index contributed by atoms with van der Waals surface area (Å²) in [5.41, 5.74) is 0. The first kappa shape index (κ1) is 14.0. The molecule has 0 bridgehead atoms. The molecule has 1 saturated heterocycles. The highest BCUT2D eigenvalue weighted by atomic mass is 79.9. The third-order valence-electron chi connectivity index (χ3n) is 3.27. The Labute approximate surface area is 117 Å². The monoisotopic (exact) mass is 331 g/mol. The van der Waals surface area contributed by atoms with E-state index in [0.717, 1.165) is 10.9 Å². The minimum atomic E-state index is -3.35. The summed E-state index contributed by atoms with van der Waals surface area (Å²) in [4.78, 5) is 0.373. The van der Waals surface area contributed by atoms with Crippen LogP contribution in [-0.2, 0) is 10.0 Å². The summed E-state index contributed by atoms with van der Waals surface area (Å²) in [6.07, 6.45) is 1.10. The van der Waals surface area contributed by atoms with Gasteiger partial charge in [-0.05, 0) is 36.5 Å². The average molecular weight is 332 g/mol. The minimum absolute atomic E-state index is 0.373. The summed E-state index contributed by atoms with van der Waals surface area (Å²) in [7, 11) is -3.35. The fraction of sp³-hybridized carbons (Fsp3) is 0.538. The van der Waals surface area contributed by atoms with E-state index in [1.165, 1.54) is 0 Å². The molecule has 5 heteroatoms. The average Bonchev–Trinajstić information content (AvgIpc) is 2.27.